The molecule has 0 aliphatic heterocycles. The molecule has 2 saturated carbocycles. The van der Waals surface area contributed by atoms with E-state index in [0.29, 0.717) is 30.0 Å². The van der Waals surface area contributed by atoms with Gasteiger partial charge in [-0.2, -0.15) is 0 Å². The van der Waals surface area contributed by atoms with Crippen LogP contribution in [0.2, 0.25) is 0 Å². The molecule has 3 heteroatoms. The molecule has 1 N–H and O–H groups in total. The standard InChI is InChI=1S/C27H32N2O/c1-18-17-20(11-13-25(30)29-24-9-5-6-16-28-24)26-23-12-10-19-7-3-4-8-21(19)22(23)14-15-27(18,26)2/h3-9,16,20,22-23,26H,1,10-15,17H2,2H3,(H,28,29,30)/t20-,22?,23?,26?,27-/m1/s1. The van der Waals surface area contributed by atoms with Crippen molar-refractivity contribution in [2.24, 2.45) is 23.2 Å². The topological polar surface area (TPSA) is 42.0 Å². The van der Waals surface area contributed by atoms with Crippen LogP contribution in [0.1, 0.15) is 62.5 Å². The molecule has 30 heavy (non-hydrogen) atoms. The van der Waals surface area contributed by atoms with Crippen LogP contribution in [-0.2, 0) is 11.2 Å². The van der Waals surface area contributed by atoms with E-state index in [1.165, 1.54) is 31.3 Å². The van der Waals surface area contributed by atoms with Crippen LogP contribution >= 0.6 is 0 Å². The quantitative estimate of drug-likeness (QED) is 0.627. The monoisotopic (exact) mass is 400 g/mol. The number of nitrogens with zero attached hydrogens (tertiary/aromatic N) is 1. The van der Waals surface area contributed by atoms with Crippen molar-refractivity contribution >= 4 is 11.7 Å². The Labute approximate surface area is 180 Å². The van der Waals surface area contributed by atoms with Crippen LogP contribution in [0.15, 0.2) is 60.8 Å². The van der Waals surface area contributed by atoms with E-state index < -0.39 is 0 Å². The molecule has 156 valence electrons. The lowest BCUT2D eigenvalue weighted by molar-refractivity contribution is -0.116. The van der Waals surface area contributed by atoms with E-state index >= 15 is 0 Å². The third-order valence-corrected chi connectivity index (χ3v) is 8.39. The Morgan fingerprint density at radius 3 is 2.87 bits per heavy atom. The summed E-state index contributed by atoms with van der Waals surface area (Å²) in [5, 5.41) is 2.96. The van der Waals surface area contributed by atoms with Gasteiger partial charge in [0.1, 0.15) is 5.82 Å². The van der Waals surface area contributed by atoms with Crippen LogP contribution in [0.25, 0.3) is 0 Å². The van der Waals surface area contributed by atoms with Crippen LogP contribution in [0.4, 0.5) is 5.82 Å². The summed E-state index contributed by atoms with van der Waals surface area (Å²) in [6.07, 6.45) is 9.31. The normalized spacial score (nSPS) is 32.1. The van der Waals surface area contributed by atoms with Gasteiger partial charge in [-0.25, -0.2) is 4.98 Å². The molecule has 1 heterocycles. The van der Waals surface area contributed by atoms with Crippen molar-refractivity contribution in [1.82, 2.24) is 4.98 Å². The Kier molecular flexibility index (Phi) is 5.00. The molecule has 3 aliphatic rings. The maximum Gasteiger partial charge on any atom is 0.225 e. The zero-order valence-corrected chi connectivity index (χ0v) is 17.9. The van der Waals surface area contributed by atoms with Crippen LogP contribution < -0.4 is 5.32 Å². The first-order chi connectivity index (χ1) is 14.6. The van der Waals surface area contributed by atoms with Crippen molar-refractivity contribution in [3.63, 3.8) is 0 Å². The predicted molar refractivity (Wildman–Crippen MR) is 121 cm³/mol. The summed E-state index contributed by atoms with van der Waals surface area (Å²) in [6, 6.07) is 14.7. The second-order valence-electron chi connectivity index (χ2n) is 9.86. The van der Waals surface area contributed by atoms with Gasteiger partial charge < -0.3 is 5.32 Å². The van der Waals surface area contributed by atoms with Crippen molar-refractivity contribution in [3.8, 4) is 0 Å². The number of allylic oxidation sites excluding steroid dienone is 1. The number of carbonyl (C=O) groups is 1. The molecular formula is C27H32N2O. The van der Waals surface area contributed by atoms with Gasteiger partial charge in [-0.05, 0) is 90.9 Å². The summed E-state index contributed by atoms with van der Waals surface area (Å²) >= 11 is 0. The highest BCUT2D eigenvalue weighted by Gasteiger charge is 2.55. The molecule has 3 aliphatic carbocycles. The van der Waals surface area contributed by atoms with Crippen LogP contribution in [0.3, 0.4) is 0 Å². The third kappa shape index (κ3) is 3.29. The number of pyridine rings is 1. The second kappa shape index (κ2) is 7.68. The van der Waals surface area contributed by atoms with Crippen molar-refractivity contribution in [2.45, 2.75) is 57.8 Å². The number of nitrogens with one attached hydrogen (secondary N) is 1. The number of carbonyl (C=O) groups excluding carboxylic acids is 1. The van der Waals surface area contributed by atoms with E-state index in [-0.39, 0.29) is 11.3 Å². The third-order valence-electron chi connectivity index (χ3n) is 8.39. The fourth-order valence-corrected chi connectivity index (χ4v) is 6.97. The average molecular weight is 401 g/mol. The Morgan fingerprint density at radius 2 is 2.03 bits per heavy atom. The summed E-state index contributed by atoms with van der Waals surface area (Å²) < 4.78 is 0. The van der Waals surface area contributed by atoms with Crippen LogP contribution in [0, 0.1) is 23.2 Å². The van der Waals surface area contributed by atoms with Gasteiger partial charge in [-0.1, -0.05) is 49.4 Å². The Balaban J connectivity index is 1.33. The molecule has 1 amide bonds. The molecule has 0 spiro atoms. The van der Waals surface area contributed by atoms with Crippen molar-refractivity contribution in [2.75, 3.05) is 5.32 Å². The first-order valence-electron chi connectivity index (χ1n) is 11.5. The van der Waals surface area contributed by atoms with Crippen LogP contribution in [0.5, 0.6) is 0 Å². The lowest BCUT2D eigenvalue weighted by Crippen LogP contribution is -2.42. The minimum Gasteiger partial charge on any atom is -0.311 e. The molecule has 0 radical (unpaired) electrons. The number of benzene rings is 1. The summed E-state index contributed by atoms with van der Waals surface area (Å²) in [4.78, 5) is 16.8. The molecule has 1 aromatic carbocycles. The fraction of sp³-hybridized carbons (Fsp3) is 0.481. The van der Waals surface area contributed by atoms with Crippen molar-refractivity contribution in [1.29, 1.82) is 0 Å². The number of hydrogen-bond donors (Lipinski definition) is 1. The number of anilines is 1. The number of amides is 1. The lowest BCUT2D eigenvalue weighted by Gasteiger charge is -2.51. The van der Waals surface area contributed by atoms with Crippen molar-refractivity contribution in [3.05, 3.63) is 71.9 Å². The molecule has 5 rings (SSSR count). The first kappa shape index (κ1) is 19.5. The van der Waals surface area contributed by atoms with E-state index in [1.54, 1.807) is 17.3 Å². The molecule has 0 saturated heterocycles. The van der Waals surface area contributed by atoms with Crippen LogP contribution in [-0.4, -0.2) is 10.9 Å². The highest BCUT2D eigenvalue weighted by Crippen LogP contribution is 2.65. The Bertz CT molecular complexity index is 952. The SMILES string of the molecule is C=C1C[C@@H](CCC(=O)Nc2ccccn2)C2C3CCc4ccccc4C3CC[C@]12C. The molecule has 2 fully saturated rings. The number of rotatable bonds is 4. The highest BCUT2D eigenvalue weighted by atomic mass is 16.1. The maximum atomic E-state index is 12.6. The smallest absolute Gasteiger partial charge is 0.225 e. The zero-order valence-electron chi connectivity index (χ0n) is 17.9. The molecule has 3 nitrogen and oxygen atoms in total. The van der Waals surface area contributed by atoms with E-state index in [0.717, 1.165) is 18.8 Å². The van der Waals surface area contributed by atoms with Gasteiger partial charge in [-0.15, -0.1) is 0 Å². The first-order valence-corrected chi connectivity index (χ1v) is 11.5. The van der Waals surface area contributed by atoms with Gasteiger partial charge >= 0.3 is 0 Å². The largest absolute Gasteiger partial charge is 0.311 e. The highest BCUT2D eigenvalue weighted by molar-refractivity contribution is 5.89. The van der Waals surface area contributed by atoms with Gasteiger partial charge in [0.2, 0.25) is 5.91 Å². The van der Waals surface area contributed by atoms with E-state index in [4.69, 9.17) is 0 Å². The number of fused-ring (bicyclic) bond motifs is 5. The molecule has 5 atom stereocenters. The summed E-state index contributed by atoms with van der Waals surface area (Å²) in [6.45, 7) is 6.99. The molecule has 0 bridgehead atoms. The van der Waals surface area contributed by atoms with Gasteiger partial charge in [-0.3, -0.25) is 4.79 Å². The fourth-order valence-electron chi connectivity index (χ4n) is 6.97. The lowest BCUT2D eigenvalue weighted by atomic mass is 9.53. The van der Waals surface area contributed by atoms with E-state index in [2.05, 4.69) is 48.1 Å². The van der Waals surface area contributed by atoms with Gasteiger partial charge in [0, 0.05) is 12.6 Å². The molecule has 2 aromatic rings. The average Bonchev–Trinajstić information content (AvgIpc) is 3.03. The molecular weight excluding hydrogens is 368 g/mol. The zero-order chi connectivity index (χ0) is 20.7. The number of hydrogen-bond acceptors (Lipinski definition) is 2. The predicted octanol–water partition coefficient (Wildman–Crippen LogP) is 6.14. The van der Waals surface area contributed by atoms with Gasteiger partial charge in [0.25, 0.3) is 0 Å². The minimum atomic E-state index is 0.0780. The number of aryl methyl sites for hydroxylation is 1. The van der Waals surface area contributed by atoms with Gasteiger partial charge in [0.05, 0.1) is 0 Å². The Hall–Kier alpha value is -2.42. The summed E-state index contributed by atoms with van der Waals surface area (Å²) in [5.41, 5.74) is 4.83. The Morgan fingerprint density at radius 1 is 1.20 bits per heavy atom. The summed E-state index contributed by atoms with van der Waals surface area (Å²) in [7, 11) is 0. The van der Waals surface area contributed by atoms with Crippen molar-refractivity contribution < 1.29 is 4.79 Å². The minimum absolute atomic E-state index is 0.0780. The number of aromatic nitrogens is 1. The molecule has 1 aromatic heterocycles. The van der Waals surface area contributed by atoms with Gasteiger partial charge in [0.15, 0.2) is 0 Å². The maximum absolute atomic E-state index is 12.6. The molecule has 3 unspecified atom stereocenters. The second-order valence-corrected chi connectivity index (χ2v) is 9.86. The van der Waals surface area contributed by atoms with E-state index in [9.17, 15) is 4.79 Å². The summed E-state index contributed by atoms with van der Waals surface area (Å²) in [5.74, 6) is 3.35. The van der Waals surface area contributed by atoms with E-state index in [1.807, 2.05) is 18.2 Å².